The topological polar surface area (TPSA) is 88.3 Å². The molecular formula is C16H16N4O2. The standard InChI is InChI=1S/C16H16N4O2/c17-16(22)19-14-9-13(6-7-18-14)20-10-12(8-15(20)21)11-4-2-1-3-5-11/h1-7,9,12H,8,10H2,(H3,17,18,19,22). The van der Waals surface area contributed by atoms with E-state index in [-0.39, 0.29) is 11.8 Å². The number of nitrogens with zero attached hydrogens (tertiary/aromatic N) is 2. The fraction of sp³-hybridized carbons (Fsp3) is 0.188. The van der Waals surface area contributed by atoms with Gasteiger partial charge in [-0.1, -0.05) is 30.3 Å². The van der Waals surface area contributed by atoms with Crippen LogP contribution in [0.1, 0.15) is 17.9 Å². The van der Waals surface area contributed by atoms with Crippen molar-refractivity contribution in [1.29, 1.82) is 0 Å². The summed E-state index contributed by atoms with van der Waals surface area (Å²) in [6, 6.07) is 12.7. The Kier molecular flexibility index (Phi) is 3.74. The number of carbonyl (C=O) groups is 2. The van der Waals surface area contributed by atoms with E-state index < -0.39 is 6.03 Å². The van der Waals surface area contributed by atoms with E-state index in [0.717, 1.165) is 5.56 Å². The number of pyridine rings is 1. The molecule has 6 nitrogen and oxygen atoms in total. The fourth-order valence-electron chi connectivity index (χ4n) is 2.69. The molecule has 2 heterocycles. The number of primary amides is 1. The minimum absolute atomic E-state index is 0.0603. The van der Waals surface area contributed by atoms with Crippen molar-refractivity contribution in [3.05, 3.63) is 54.2 Å². The zero-order chi connectivity index (χ0) is 15.5. The average molecular weight is 296 g/mol. The monoisotopic (exact) mass is 296 g/mol. The smallest absolute Gasteiger partial charge is 0.317 e. The van der Waals surface area contributed by atoms with Gasteiger partial charge in [-0.05, 0) is 11.6 Å². The number of urea groups is 1. The van der Waals surface area contributed by atoms with Crippen LogP contribution >= 0.6 is 0 Å². The molecule has 1 aliphatic heterocycles. The molecule has 0 aliphatic carbocycles. The molecule has 0 saturated carbocycles. The van der Waals surface area contributed by atoms with Crippen LogP contribution < -0.4 is 16.0 Å². The molecule has 1 aromatic carbocycles. The number of benzene rings is 1. The summed E-state index contributed by atoms with van der Waals surface area (Å²) < 4.78 is 0. The van der Waals surface area contributed by atoms with E-state index in [4.69, 9.17) is 5.73 Å². The zero-order valence-corrected chi connectivity index (χ0v) is 11.9. The van der Waals surface area contributed by atoms with E-state index in [2.05, 4.69) is 10.3 Å². The number of carbonyl (C=O) groups excluding carboxylic acids is 2. The Labute approximate surface area is 127 Å². The van der Waals surface area contributed by atoms with Crippen molar-refractivity contribution < 1.29 is 9.59 Å². The van der Waals surface area contributed by atoms with E-state index in [1.165, 1.54) is 0 Å². The van der Waals surface area contributed by atoms with Crippen molar-refractivity contribution in [3.63, 3.8) is 0 Å². The van der Waals surface area contributed by atoms with E-state index >= 15 is 0 Å². The van der Waals surface area contributed by atoms with Gasteiger partial charge in [0, 0.05) is 36.8 Å². The van der Waals surface area contributed by atoms with E-state index in [1.807, 2.05) is 30.3 Å². The molecule has 1 atom stereocenters. The van der Waals surface area contributed by atoms with Crippen LogP contribution in [0, 0.1) is 0 Å². The van der Waals surface area contributed by atoms with Crippen LogP contribution in [0.15, 0.2) is 48.7 Å². The van der Waals surface area contributed by atoms with Gasteiger partial charge in [-0.15, -0.1) is 0 Å². The lowest BCUT2D eigenvalue weighted by atomic mass is 9.99. The Hall–Kier alpha value is -2.89. The normalized spacial score (nSPS) is 17.5. The van der Waals surface area contributed by atoms with Gasteiger partial charge >= 0.3 is 6.03 Å². The van der Waals surface area contributed by atoms with Gasteiger partial charge in [0.15, 0.2) is 0 Å². The Morgan fingerprint density at radius 3 is 2.77 bits per heavy atom. The molecule has 2 aromatic rings. The van der Waals surface area contributed by atoms with Gasteiger partial charge in [0.25, 0.3) is 0 Å². The van der Waals surface area contributed by atoms with Crippen molar-refractivity contribution >= 4 is 23.4 Å². The van der Waals surface area contributed by atoms with Crippen molar-refractivity contribution in [3.8, 4) is 0 Å². The highest BCUT2D eigenvalue weighted by Crippen LogP contribution is 2.32. The SMILES string of the molecule is NC(=O)Nc1cc(N2CC(c3ccccc3)CC2=O)ccn1. The Balaban J connectivity index is 1.81. The Bertz CT molecular complexity index is 702. The van der Waals surface area contributed by atoms with E-state index in [0.29, 0.717) is 24.5 Å². The second-order valence-corrected chi connectivity index (χ2v) is 5.20. The molecule has 0 spiro atoms. The van der Waals surface area contributed by atoms with E-state index in [1.54, 1.807) is 23.2 Å². The lowest BCUT2D eigenvalue weighted by molar-refractivity contribution is -0.117. The number of aromatic nitrogens is 1. The molecule has 1 saturated heterocycles. The van der Waals surface area contributed by atoms with Gasteiger partial charge < -0.3 is 10.6 Å². The first-order valence-electron chi connectivity index (χ1n) is 7.01. The Morgan fingerprint density at radius 1 is 1.27 bits per heavy atom. The van der Waals surface area contributed by atoms with Crippen LogP contribution in [0.25, 0.3) is 0 Å². The third-order valence-electron chi connectivity index (χ3n) is 3.70. The van der Waals surface area contributed by atoms with Crippen LogP contribution in [0.5, 0.6) is 0 Å². The number of hydrogen-bond acceptors (Lipinski definition) is 3. The highest BCUT2D eigenvalue weighted by Gasteiger charge is 2.31. The first kappa shape index (κ1) is 14.1. The molecule has 1 fully saturated rings. The summed E-state index contributed by atoms with van der Waals surface area (Å²) in [5.41, 5.74) is 6.95. The predicted octanol–water partition coefficient (Wildman–Crippen LogP) is 2.09. The second kappa shape index (κ2) is 5.85. The Morgan fingerprint density at radius 2 is 2.05 bits per heavy atom. The number of nitrogens with two attached hydrogens (primary N) is 1. The maximum absolute atomic E-state index is 12.3. The second-order valence-electron chi connectivity index (χ2n) is 5.20. The molecule has 6 heteroatoms. The van der Waals surface area contributed by atoms with Crippen molar-refractivity contribution in [2.75, 3.05) is 16.8 Å². The van der Waals surface area contributed by atoms with Crippen LogP contribution in [0.2, 0.25) is 0 Å². The molecule has 3 N–H and O–H groups in total. The molecule has 0 radical (unpaired) electrons. The number of hydrogen-bond donors (Lipinski definition) is 2. The number of rotatable bonds is 3. The van der Waals surface area contributed by atoms with Gasteiger partial charge in [-0.3, -0.25) is 10.1 Å². The third-order valence-corrected chi connectivity index (χ3v) is 3.70. The summed E-state index contributed by atoms with van der Waals surface area (Å²) in [6.07, 6.45) is 2.02. The molecule has 3 rings (SSSR count). The van der Waals surface area contributed by atoms with Gasteiger partial charge in [-0.2, -0.15) is 0 Å². The van der Waals surface area contributed by atoms with Crippen molar-refractivity contribution in [2.24, 2.45) is 5.73 Å². The van der Waals surface area contributed by atoms with Crippen molar-refractivity contribution in [1.82, 2.24) is 4.98 Å². The zero-order valence-electron chi connectivity index (χ0n) is 11.9. The lowest BCUT2D eigenvalue weighted by Gasteiger charge is -2.17. The molecule has 22 heavy (non-hydrogen) atoms. The quantitative estimate of drug-likeness (QED) is 0.909. The van der Waals surface area contributed by atoms with Gasteiger partial charge in [0.1, 0.15) is 5.82 Å². The van der Waals surface area contributed by atoms with Crippen LogP contribution in [0.3, 0.4) is 0 Å². The molecular weight excluding hydrogens is 280 g/mol. The molecule has 0 bridgehead atoms. The molecule has 1 unspecified atom stereocenters. The summed E-state index contributed by atoms with van der Waals surface area (Å²) in [5.74, 6) is 0.570. The first-order valence-corrected chi connectivity index (χ1v) is 7.01. The summed E-state index contributed by atoms with van der Waals surface area (Å²) in [5, 5.41) is 2.42. The average Bonchev–Trinajstić information content (AvgIpc) is 2.90. The highest BCUT2D eigenvalue weighted by molar-refractivity contribution is 5.97. The third kappa shape index (κ3) is 2.90. The predicted molar refractivity (Wildman–Crippen MR) is 83.6 cm³/mol. The molecule has 1 aliphatic rings. The fourth-order valence-corrected chi connectivity index (χ4v) is 2.69. The van der Waals surface area contributed by atoms with Gasteiger partial charge in [0.05, 0.1) is 0 Å². The highest BCUT2D eigenvalue weighted by atomic mass is 16.2. The van der Waals surface area contributed by atoms with E-state index in [9.17, 15) is 9.59 Å². The van der Waals surface area contributed by atoms with Gasteiger partial charge in [0.2, 0.25) is 5.91 Å². The van der Waals surface area contributed by atoms with Crippen molar-refractivity contribution in [2.45, 2.75) is 12.3 Å². The maximum atomic E-state index is 12.3. The van der Waals surface area contributed by atoms with Crippen LogP contribution in [-0.2, 0) is 4.79 Å². The van der Waals surface area contributed by atoms with Crippen LogP contribution in [0.4, 0.5) is 16.3 Å². The minimum atomic E-state index is -0.681. The number of amides is 3. The summed E-state index contributed by atoms with van der Waals surface area (Å²) in [7, 11) is 0. The van der Waals surface area contributed by atoms with Crippen LogP contribution in [-0.4, -0.2) is 23.5 Å². The summed E-state index contributed by atoms with van der Waals surface area (Å²) in [6.45, 7) is 0.614. The lowest BCUT2D eigenvalue weighted by Crippen LogP contribution is -2.25. The van der Waals surface area contributed by atoms with Gasteiger partial charge in [-0.25, -0.2) is 9.78 Å². The molecule has 3 amide bonds. The largest absolute Gasteiger partial charge is 0.351 e. The number of nitrogens with one attached hydrogen (secondary N) is 1. The first-order chi connectivity index (χ1) is 10.6. The summed E-state index contributed by atoms with van der Waals surface area (Å²) >= 11 is 0. The maximum Gasteiger partial charge on any atom is 0.317 e. The summed E-state index contributed by atoms with van der Waals surface area (Å²) in [4.78, 5) is 28.9. The minimum Gasteiger partial charge on any atom is -0.351 e. The molecule has 112 valence electrons. The number of anilines is 2. The molecule has 1 aromatic heterocycles.